The molecule has 3 N–H and O–H groups in total. The Balaban J connectivity index is 2.03. The molecule has 1 aromatic carbocycles. The van der Waals surface area contributed by atoms with Crippen molar-refractivity contribution in [2.75, 3.05) is 6.54 Å². The van der Waals surface area contributed by atoms with Crippen molar-refractivity contribution in [3.05, 3.63) is 46.8 Å². The Morgan fingerprint density at radius 3 is 2.72 bits per heavy atom. The van der Waals surface area contributed by atoms with Crippen LogP contribution in [0.1, 0.15) is 52.5 Å². The van der Waals surface area contributed by atoms with E-state index in [0.29, 0.717) is 12.1 Å². The molecule has 1 unspecified atom stereocenters. The number of H-pyrrole nitrogens is 1. The van der Waals surface area contributed by atoms with Crippen LogP contribution in [0.4, 0.5) is 0 Å². The first-order chi connectivity index (χ1) is 11.8. The van der Waals surface area contributed by atoms with Crippen LogP contribution in [0.15, 0.2) is 29.3 Å². The molecule has 1 amide bonds. The second-order valence-electron chi connectivity index (χ2n) is 6.48. The van der Waals surface area contributed by atoms with Crippen LogP contribution in [0.25, 0.3) is 0 Å². The predicted octanol–water partition coefficient (Wildman–Crippen LogP) is 2.04. The van der Waals surface area contributed by atoms with Gasteiger partial charge in [-0.1, -0.05) is 0 Å². The van der Waals surface area contributed by atoms with Crippen molar-refractivity contribution in [3.8, 4) is 0 Å². The summed E-state index contributed by atoms with van der Waals surface area (Å²) < 4.78 is 23.5. The summed E-state index contributed by atoms with van der Waals surface area (Å²) in [6.07, 6.45) is 4.47. The Bertz CT molecular complexity index is 891. The lowest BCUT2D eigenvalue weighted by Crippen LogP contribution is -2.39. The van der Waals surface area contributed by atoms with Gasteiger partial charge in [-0.3, -0.25) is 9.89 Å². The van der Waals surface area contributed by atoms with Gasteiger partial charge in [0.05, 0.1) is 16.6 Å². The number of nitrogens with one attached hydrogen (secondary N) is 1. The van der Waals surface area contributed by atoms with Crippen molar-refractivity contribution in [1.29, 1.82) is 0 Å². The summed E-state index contributed by atoms with van der Waals surface area (Å²) in [5.74, 6) is -0.176. The number of carbonyl (C=O) groups is 1. The molecule has 1 fully saturated rings. The summed E-state index contributed by atoms with van der Waals surface area (Å²) in [4.78, 5) is 15.0. The van der Waals surface area contributed by atoms with E-state index in [1.54, 1.807) is 18.0 Å². The maximum atomic E-state index is 13.2. The molecule has 1 atom stereocenters. The number of likely N-dealkylation sites (tertiary alicyclic amines) is 1. The highest BCUT2D eigenvalue weighted by Crippen LogP contribution is 2.32. The summed E-state index contributed by atoms with van der Waals surface area (Å²) in [5.41, 5.74) is 2.77. The van der Waals surface area contributed by atoms with Gasteiger partial charge in [-0.15, -0.1) is 0 Å². The minimum Gasteiger partial charge on any atom is -0.330 e. The van der Waals surface area contributed by atoms with Crippen LogP contribution in [0.2, 0.25) is 0 Å². The number of aromatic amines is 1. The van der Waals surface area contributed by atoms with Gasteiger partial charge in [-0.2, -0.15) is 5.10 Å². The second kappa shape index (κ2) is 6.61. The van der Waals surface area contributed by atoms with Crippen molar-refractivity contribution in [1.82, 2.24) is 15.1 Å². The molecule has 0 aliphatic carbocycles. The average Bonchev–Trinajstić information content (AvgIpc) is 3.10. The first-order valence-corrected chi connectivity index (χ1v) is 9.78. The molecule has 1 aliphatic heterocycles. The van der Waals surface area contributed by atoms with Crippen molar-refractivity contribution in [2.24, 2.45) is 5.14 Å². The van der Waals surface area contributed by atoms with Crippen molar-refractivity contribution in [2.45, 2.75) is 44.0 Å². The number of hydrogen-bond acceptors (Lipinski definition) is 4. The van der Waals surface area contributed by atoms with Crippen LogP contribution in [-0.2, 0) is 10.0 Å². The second-order valence-corrected chi connectivity index (χ2v) is 8.04. The normalized spacial score (nSPS) is 18.4. The zero-order valence-corrected chi connectivity index (χ0v) is 15.1. The largest absolute Gasteiger partial charge is 0.330 e. The lowest BCUT2D eigenvalue weighted by atomic mass is 9.96. The predicted molar refractivity (Wildman–Crippen MR) is 93.5 cm³/mol. The molecule has 1 saturated heterocycles. The fourth-order valence-electron chi connectivity index (χ4n) is 3.32. The molecular formula is C17H22N4O3S. The molecule has 3 rings (SSSR count). The molecule has 0 bridgehead atoms. The number of sulfonamides is 1. The number of amides is 1. The standard InChI is InChI=1S/C17H22N4O3S/c1-11-9-13(25(18,23)24)10-14(12(11)2)17(22)21-8-4-3-5-16(21)15-6-7-19-20-15/h6-7,9-10,16H,3-5,8H2,1-2H3,(H,19,20)(H2,18,23,24). The molecule has 8 heteroatoms. The third-order valence-corrected chi connectivity index (χ3v) is 5.74. The zero-order chi connectivity index (χ0) is 18.2. The summed E-state index contributed by atoms with van der Waals surface area (Å²) in [6, 6.07) is 4.68. The quantitative estimate of drug-likeness (QED) is 0.870. The van der Waals surface area contributed by atoms with E-state index in [9.17, 15) is 13.2 Å². The SMILES string of the molecule is Cc1cc(S(N)(=O)=O)cc(C(=O)N2CCCCC2c2ccn[nH]2)c1C. The van der Waals surface area contributed by atoms with Gasteiger partial charge < -0.3 is 4.90 Å². The molecule has 2 aromatic rings. The van der Waals surface area contributed by atoms with E-state index in [2.05, 4.69) is 10.2 Å². The highest BCUT2D eigenvalue weighted by Gasteiger charge is 2.31. The smallest absolute Gasteiger partial charge is 0.254 e. The van der Waals surface area contributed by atoms with Gasteiger partial charge in [0.2, 0.25) is 10.0 Å². The molecule has 25 heavy (non-hydrogen) atoms. The molecule has 0 saturated carbocycles. The van der Waals surface area contributed by atoms with Crippen molar-refractivity contribution >= 4 is 15.9 Å². The Morgan fingerprint density at radius 2 is 2.08 bits per heavy atom. The van der Waals surface area contributed by atoms with Crippen LogP contribution < -0.4 is 5.14 Å². The molecular weight excluding hydrogens is 340 g/mol. The Morgan fingerprint density at radius 1 is 1.32 bits per heavy atom. The third kappa shape index (κ3) is 3.45. The molecule has 0 radical (unpaired) electrons. The summed E-state index contributed by atoms with van der Waals surface area (Å²) >= 11 is 0. The number of piperidine rings is 1. The van der Waals surface area contributed by atoms with Gasteiger partial charge in [0.1, 0.15) is 0 Å². The van der Waals surface area contributed by atoms with Crippen LogP contribution in [0, 0.1) is 13.8 Å². The number of carbonyl (C=O) groups excluding carboxylic acids is 1. The first-order valence-electron chi connectivity index (χ1n) is 8.23. The zero-order valence-electron chi connectivity index (χ0n) is 14.3. The maximum absolute atomic E-state index is 13.2. The minimum atomic E-state index is -3.87. The van der Waals surface area contributed by atoms with Gasteiger partial charge in [0, 0.05) is 18.3 Å². The van der Waals surface area contributed by atoms with Gasteiger partial charge in [0.25, 0.3) is 5.91 Å². The summed E-state index contributed by atoms with van der Waals surface area (Å²) in [6.45, 7) is 4.23. The fourth-order valence-corrected chi connectivity index (χ4v) is 3.94. The monoisotopic (exact) mass is 362 g/mol. The fraction of sp³-hybridized carbons (Fsp3) is 0.412. The topological polar surface area (TPSA) is 109 Å². The summed E-state index contributed by atoms with van der Waals surface area (Å²) in [5, 5.41) is 12.2. The van der Waals surface area contributed by atoms with E-state index in [-0.39, 0.29) is 16.8 Å². The highest BCUT2D eigenvalue weighted by molar-refractivity contribution is 7.89. The highest BCUT2D eigenvalue weighted by atomic mass is 32.2. The number of hydrogen-bond donors (Lipinski definition) is 2. The minimum absolute atomic E-state index is 0.0333. The first kappa shape index (κ1) is 17.6. The molecule has 7 nitrogen and oxygen atoms in total. The lowest BCUT2D eigenvalue weighted by molar-refractivity contribution is 0.0605. The molecule has 1 aromatic heterocycles. The van der Waals surface area contributed by atoms with E-state index in [0.717, 1.165) is 36.1 Å². The molecule has 2 heterocycles. The van der Waals surface area contributed by atoms with E-state index in [4.69, 9.17) is 5.14 Å². The Labute approximate surface area is 147 Å². The van der Waals surface area contributed by atoms with Gasteiger partial charge >= 0.3 is 0 Å². The molecule has 0 spiro atoms. The number of primary sulfonamides is 1. The number of benzene rings is 1. The molecule has 1 aliphatic rings. The van der Waals surface area contributed by atoms with Crippen molar-refractivity contribution in [3.63, 3.8) is 0 Å². The number of rotatable bonds is 3. The Kier molecular flexibility index (Phi) is 4.66. The number of nitrogens with zero attached hydrogens (tertiary/aromatic N) is 2. The lowest BCUT2D eigenvalue weighted by Gasteiger charge is -2.35. The number of nitrogens with two attached hydrogens (primary N) is 1. The van der Waals surface area contributed by atoms with Crippen molar-refractivity contribution < 1.29 is 13.2 Å². The third-order valence-electron chi connectivity index (χ3n) is 4.84. The maximum Gasteiger partial charge on any atom is 0.254 e. The number of aromatic nitrogens is 2. The van der Waals surface area contributed by atoms with E-state index >= 15 is 0 Å². The summed E-state index contributed by atoms with van der Waals surface area (Å²) in [7, 11) is -3.87. The van der Waals surface area contributed by atoms with Crippen LogP contribution >= 0.6 is 0 Å². The Hall–Kier alpha value is -2.19. The van der Waals surface area contributed by atoms with E-state index in [1.165, 1.54) is 12.1 Å². The average molecular weight is 362 g/mol. The van der Waals surface area contributed by atoms with Gasteiger partial charge in [-0.25, -0.2) is 13.6 Å². The number of aryl methyl sites for hydroxylation is 1. The molecule has 134 valence electrons. The van der Waals surface area contributed by atoms with Crippen LogP contribution in [-0.4, -0.2) is 36.0 Å². The van der Waals surface area contributed by atoms with Crippen LogP contribution in [0.3, 0.4) is 0 Å². The van der Waals surface area contributed by atoms with Crippen LogP contribution in [0.5, 0.6) is 0 Å². The van der Waals surface area contributed by atoms with Gasteiger partial charge in [-0.05, 0) is 62.4 Å². The van der Waals surface area contributed by atoms with E-state index < -0.39 is 10.0 Å². The van der Waals surface area contributed by atoms with E-state index in [1.807, 2.05) is 13.0 Å². The van der Waals surface area contributed by atoms with Gasteiger partial charge in [0.15, 0.2) is 0 Å².